The molecule has 0 saturated carbocycles. The normalized spacial score (nSPS) is 11.0. The van der Waals surface area contributed by atoms with Crippen LogP contribution in [0.4, 0.5) is 8.78 Å². The zero-order valence-electron chi connectivity index (χ0n) is 8.54. The zero-order valence-corrected chi connectivity index (χ0v) is 8.54. The number of benzene rings is 1. The van der Waals surface area contributed by atoms with E-state index in [0.717, 1.165) is 6.08 Å². The lowest BCUT2D eigenvalue weighted by atomic mass is 10.2. The van der Waals surface area contributed by atoms with E-state index in [0.29, 0.717) is 17.1 Å². The maximum Gasteiger partial charge on any atom is 0.257 e. The van der Waals surface area contributed by atoms with Gasteiger partial charge in [0.15, 0.2) is 11.5 Å². The molecule has 1 aromatic rings. The first-order valence-corrected chi connectivity index (χ1v) is 4.35. The number of hydrogen-bond acceptors (Lipinski definition) is 2. The average Bonchev–Trinajstić information content (AvgIpc) is 2.25. The summed E-state index contributed by atoms with van der Waals surface area (Å²) in [4.78, 5) is 0. The Bertz CT molecular complexity index is 348. The molecule has 0 atom stereocenters. The molecule has 1 aromatic carbocycles. The fourth-order valence-electron chi connectivity index (χ4n) is 1.14. The monoisotopic (exact) mass is 214 g/mol. The van der Waals surface area contributed by atoms with Crippen molar-refractivity contribution >= 4 is 6.08 Å². The van der Waals surface area contributed by atoms with Gasteiger partial charge in [0.2, 0.25) is 0 Å². The third-order valence-electron chi connectivity index (χ3n) is 1.84. The van der Waals surface area contributed by atoms with Crippen molar-refractivity contribution in [3.63, 3.8) is 0 Å². The van der Waals surface area contributed by atoms with Crippen LogP contribution < -0.4 is 9.47 Å². The lowest BCUT2D eigenvalue weighted by Crippen LogP contribution is -1.90. The second-order valence-electron chi connectivity index (χ2n) is 2.81. The molecule has 2 nitrogen and oxygen atoms in total. The molecule has 0 aliphatic carbocycles. The molecule has 0 saturated heterocycles. The number of rotatable bonds is 4. The molecule has 0 heterocycles. The number of allylic oxidation sites excluding steroid dienone is 1. The van der Waals surface area contributed by atoms with Crippen molar-refractivity contribution in [2.75, 3.05) is 14.2 Å². The molecule has 0 spiro atoms. The molecular weight excluding hydrogens is 202 g/mol. The molecule has 15 heavy (non-hydrogen) atoms. The largest absolute Gasteiger partial charge is 0.493 e. The first kappa shape index (κ1) is 11.5. The van der Waals surface area contributed by atoms with E-state index in [-0.39, 0.29) is 0 Å². The van der Waals surface area contributed by atoms with Gasteiger partial charge in [-0.25, -0.2) is 8.78 Å². The maximum atomic E-state index is 11.9. The van der Waals surface area contributed by atoms with Gasteiger partial charge >= 0.3 is 0 Å². The van der Waals surface area contributed by atoms with Crippen LogP contribution in [0.5, 0.6) is 11.5 Å². The maximum absolute atomic E-state index is 11.9. The zero-order chi connectivity index (χ0) is 11.3. The van der Waals surface area contributed by atoms with E-state index in [2.05, 4.69) is 0 Å². The lowest BCUT2D eigenvalue weighted by molar-refractivity contribution is 0.205. The summed E-state index contributed by atoms with van der Waals surface area (Å²) in [6.07, 6.45) is -0.286. The minimum atomic E-state index is -2.45. The summed E-state index contributed by atoms with van der Waals surface area (Å²) < 4.78 is 33.9. The van der Waals surface area contributed by atoms with Gasteiger partial charge in [0.1, 0.15) is 0 Å². The number of ether oxygens (including phenoxy) is 2. The van der Waals surface area contributed by atoms with Crippen molar-refractivity contribution in [3.05, 3.63) is 29.8 Å². The third kappa shape index (κ3) is 3.23. The summed E-state index contributed by atoms with van der Waals surface area (Å²) in [7, 11) is 3.02. The van der Waals surface area contributed by atoms with Crippen LogP contribution in [0.15, 0.2) is 24.3 Å². The van der Waals surface area contributed by atoms with Gasteiger partial charge in [0, 0.05) is 0 Å². The van der Waals surface area contributed by atoms with Gasteiger partial charge in [-0.3, -0.25) is 0 Å². The highest BCUT2D eigenvalue weighted by Crippen LogP contribution is 2.28. The number of alkyl halides is 2. The Morgan fingerprint density at radius 2 is 1.80 bits per heavy atom. The van der Waals surface area contributed by atoms with E-state index in [9.17, 15) is 8.78 Å². The first-order chi connectivity index (χ1) is 7.17. The Morgan fingerprint density at radius 3 is 2.33 bits per heavy atom. The van der Waals surface area contributed by atoms with Crippen molar-refractivity contribution in [2.24, 2.45) is 0 Å². The van der Waals surface area contributed by atoms with E-state index in [4.69, 9.17) is 9.47 Å². The Labute approximate surface area is 87.1 Å². The van der Waals surface area contributed by atoms with E-state index in [1.807, 2.05) is 0 Å². The van der Waals surface area contributed by atoms with Crippen LogP contribution in [-0.2, 0) is 0 Å². The summed E-state index contributed by atoms with van der Waals surface area (Å²) in [6.45, 7) is 0. The summed E-state index contributed by atoms with van der Waals surface area (Å²) >= 11 is 0. The van der Waals surface area contributed by atoms with Crippen LogP contribution in [0, 0.1) is 0 Å². The summed E-state index contributed by atoms with van der Waals surface area (Å²) in [5, 5.41) is 0. The lowest BCUT2D eigenvalue weighted by Gasteiger charge is -2.07. The molecule has 0 radical (unpaired) electrons. The van der Waals surface area contributed by atoms with E-state index in [1.54, 1.807) is 18.2 Å². The second-order valence-corrected chi connectivity index (χ2v) is 2.81. The Morgan fingerprint density at radius 1 is 1.13 bits per heavy atom. The molecule has 0 N–H and O–H groups in total. The molecule has 1 rings (SSSR count). The predicted octanol–water partition coefficient (Wildman–Crippen LogP) is 2.98. The average molecular weight is 214 g/mol. The molecule has 0 aliphatic heterocycles. The third-order valence-corrected chi connectivity index (χ3v) is 1.84. The van der Waals surface area contributed by atoms with Crippen molar-refractivity contribution in [3.8, 4) is 11.5 Å². The highest BCUT2D eigenvalue weighted by Gasteiger charge is 2.03. The van der Waals surface area contributed by atoms with Crippen LogP contribution in [0.2, 0.25) is 0 Å². The standard InChI is InChI=1S/C11H12F2O2/c1-14-9-5-3-8(4-6-11(12)13)7-10(9)15-2/h3-7,11H,1-2H3/b6-4+. The summed E-state index contributed by atoms with van der Waals surface area (Å²) in [5.74, 6) is 1.10. The van der Waals surface area contributed by atoms with Crippen LogP contribution >= 0.6 is 0 Å². The highest BCUT2D eigenvalue weighted by molar-refractivity contribution is 5.56. The second kappa shape index (κ2) is 5.34. The van der Waals surface area contributed by atoms with E-state index >= 15 is 0 Å². The number of methoxy groups -OCH3 is 2. The van der Waals surface area contributed by atoms with Gasteiger partial charge in [0.25, 0.3) is 6.43 Å². The predicted molar refractivity (Wildman–Crippen MR) is 54.6 cm³/mol. The molecule has 0 aromatic heterocycles. The van der Waals surface area contributed by atoms with Crippen LogP contribution in [-0.4, -0.2) is 20.6 Å². The van der Waals surface area contributed by atoms with E-state index in [1.165, 1.54) is 20.3 Å². The van der Waals surface area contributed by atoms with Gasteiger partial charge in [-0.1, -0.05) is 12.1 Å². The molecule has 4 heteroatoms. The van der Waals surface area contributed by atoms with E-state index < -0.39 is 6.43 Å². The van der Waals surface area contributed by atoms with Crippen LogP contribution in [0.1, 0.15) is 5.56 Å². The summed E-state index contributed by atoms with van der Waals surface area (Å²) in [6, 6.07) is 4.99. The van der Waals surface area contributed by atoms with Crippen LogP contribution in [0.25, 0.3) is 6.08 Å². The topological polar surface area (TPSA) is 18.5 Å². The van der Waals surface area contributed by atoms with Crippen molar-refractivity contribution < 1.29 is 18.3 Å². The fraction of sp³-hybridized carbons (Fsp3) is 0.273. The molecular formula is C11H12F2O2. The number of hydrogen-bond donors (Lipinski definition) is 0. The minimum absolute atomic E-state index is 0.522. The molecule has 0 amide bonds. The molecule has 0 unspecified atom stereocenters. The van der Waals surface area contributed by atoms with Crippen LogP contribution in [0.3, 0.4) is 0 Å². The summed E-state index contributed by atoms with van der Waals surface area (Å²) in [5.41, 5.74) is 0.646. The highest BCUT2D eigenvalue weighted by atomic mass is 19.3. The molecule has 82 valence electrons. The van der Waals surface area contributed by atoms with Crippen molar-refractivity contribution in [1.29, 1.82) is 0 Å². The van der Waals surface area contributed by atoms with Crippen molar-refractivity contribution in [2.45, 2.75) is 6.43 Å². The van der Waals surface area contributed by atoms with Gasteiger partial charge < -0.3 is 9.47 Å². The minimum Gasteiger partial charge on any atom is -0.493 e. The fourth-order valence-corrected chi connectivity index (χ4v) is 1.14. The quantitative estimate of drug-likeness (QED) is 0.767. The van der Waals surface area contributed by atoms with Gasteiger partial charge in [-0.15, -0.1) is 0 Å². The number of halogens is 2. The SMILES string of the molecule is COc1ccc(/C=C/C(F)F)cc1OC. The first-order valence-electron chi connectivity index (χ1n) is 4.35. The van der Waals surface area contributed by atoms with Gasteiger partial charge in [-0.2, -0.15) is 0 Å². The van der Waals surface area contributed by atoms with Gasteiger partial charge in [0.05, 0.1) is 14.2 Å². The Balaban J connectivity index is 2.93. The smallest absolute Gasteiger partial charge is 0.257 e. The Hall–Kier alpha value is -1.58. The molecule has 0 aliphatic rings. The van der Waals surface area contributed by atoms with Gasteiger partial charge in [-0.05, 0) is 23.8 Å². The molecule has 0 bridgehead atoms. The Kier molecular flexibility index (Phi) is 4.09. The molecule has 0 fully saturated rings. The van der Waals surface area contributed by atoms with Crippen molar-refractivity contribution in [1.82, 2.24) is 0 Å².